The van der Waals surface area contributed by atoms with Crippen molar-refractivity contribution in [1.82, 2.24) is 0 Å². The number of anilines is 2. The molecule has 0 atom stereocenters. The Morgan fingerprint density at radius 3 is 2.44 bits per heavy atom. The van der Waals surface area contributed by atoms with Crippen LogP contribution in [0.2, 0.25) is 5.02 Å². The second-order valence-corrected chi connectivity index (χ2v) is 8.46. The Kier molecular flexibility index (Phi) is 4.50. The van der Waals surface area contributed by atoms with Gasteiger partial charge in [0.1, 0.15) is 5.84 Å². The van der Waals surface area contributed by atoms with E-state index in [1.54, 1.807) is 12.1 Å². The van der Waals surface area contributed by atoms with Gasteiger partial charge in [-0.05, 0) is 60.5 Å². The van der Waals surface area contributed by atoms with Crippen LogP contribution in [0.25, 0.3) is 0 Å². The van der Waals surface area contributed by atoms with Crippen LogP contribution in [-0.4, -0.2) is 14.3 Å². The summed E-state index contributed by atoms with van der Waals surface area (Å²) in [5.41, 5.74) is 3.99. The number of halogens is 1. The number of aryl methyl sites for hydroxylation is 1. The zero-order chi connectivity index (χ0) is 19.0. The van der Waals surface area contributed by atoms with Gasteiger partial charge < -0.3 is 0 Å². The number of fused-ring (bicyclic) bond motifs is 1. The predicted octanol–water partition coefficient (Wildman–Crippen LogP) is 5.13. The summed E-state index contributed by atoms with van der Waals surface area (Å²) >= 11 is 5.87. The van der Waals surface area contributed by atoms with E-state index in [9.17, 15) is 8.42 Å². The fourth-order valence-corrected chi connectivity index (χ4v) is 4.33. The fraction of sp³-hybridized carbons (Fsp3) is 0.0952. The van der Waals surface area contributed by atoms with E-state index in [2.05, 4.69) is 4.40 Å². The maximum atomic E-state index is 12.8. The Morgan fingerprint density at radius 1 is 0.963 bits per heavy atom. The molecule has 1 aliphatic rings. The largest absolute Gasteiger partial charge is 0.297 e. The summed E-state index contributed by atoms with van der Waals surface area (Å²) in [6.07, 6.45) is 0.455. The summed E-state index contributed by atoms with van der Waals surface area (Å²) in [4.78, 5) is 2.04. The molecular formula is C21H17ClN2O2S. The number of hydrogen-bond donors (Lipinski definition) is 0. The van der Waals surface area contributed by atoms with Gasteiger partial charge in [0.05, 0.1) is 10.6 Å². The van der Waals surface area contributed by atoms with Crippen LogP contribution in [0.3, 0.4) is 0 Å². The second kappa shape index (κ2) is 6.83. The average molecular weight is 397 g/mol. The molecule has 136 valence electrons. The van der Waals surface area contributed by atoms with E-state index in [-0.39, 0.29) is 4.90 Å². The van der Waals surface area contributed by atoms with Crippen molar-refractivity contribution in [2.45, 2.75) is 18.2 Å². The quantitative estimate of drug-likeness (QED) is 0.616. The molecule has 0 aromatic heterocycles. The molecule has 27 heavy (non-hydrogen) atoms. The van der Waals surface area contributed by atoms with Crippen LogP contribution in [0.15, 0.2) is 82.1 Å². The van der Waals surface area contributed by atoms with Crippen LogP contribution < -0.4 is 4.90 Å². The lowest BCUT2D eigenvalue weighted by atomic mass is 10.1. The van der Waals surface area contributed by atoms with Crippen molar-refractivity contribution in [3.05, 3.63) is 88.9 Å². The number of amidine groups is 1. The van der Waals surface area contributed by atoms with Crippen molar-refractivity contribution < 1.29 is 8.42 Å². The van der Waals surface area contributed by atoms with Crippen LogP contribution in [0.5, 0.6) is 0 Å². The molecule has 0 fully saturated rings. The number of rotatable bonds is 3. The topological polar surface area (TPSA) is 49.7 Å². The minimum Gasteiger partial charge on any atom is -0.297 e. The maximum absolute atomic E-state index is 12.8. The maximum Gasteiger partial charge on any atom is 0.283 e. The number of sulfonamides is 1. The van der Waals surface area contributed by atoms with E-state index in [0.29, 0.717) is 17.3 Å². The number of benzene rings is 3. The van der Waals surface area contributed by atoms with Gasteiger partial charge in [-0.25, -0.2) is 0 Å². The van der Waals surface area contributed by atoms with Crippen LogP contribution in [0.1, 0.15) is 11.1 Å². The first kappa shape index (κ1) is 17.8. The summed E-state index contributed by atoms with van der Waals surface area (Å²) in [7, 11) is -3.84. The smallest absolute Gasteiger partial charge is 0.283 e. The molecule has 0 radical (unpaired) electrons. The van der Waals surface area contributed by atoms with Gasteiger partial charge in [0.15, 0.2) is 0 Å². The van der Waals surface area contributed by atoms with Crippen molar-refractivity contribution in [3.63, 3.8) is 0 Å². The lowest BCUT2D eigenvalue weighted by molar-refractivity contribution is 0.598. The summed E-state index contributed by atoms with van der Waals surface area (Å²) < 4.78 is 29.9. The Labute approximate surface area is 163 Å². The molecule has 3 aromatic rings. The molecule has 0 bridgehead atoms. The van der Waals surface area contributed by atoms with Gasteiger partial charge in [-0.15, -0.1) is 4.40 Å². The normalized spacial score (nSPS) is 15.2. The minimum atomic E-state index is -3.84. The Balaban J connectivity index is 1.83. The average Bonchev–Trinajstić information content (AvgIpc) is 2.99. The summed E-state index contributed by atoms with van der Waals surface area (Å²) in [6.45, 7) is 2.01. The van der Waals surface area contributed by atoms with Crippen molar-refractivity contribution in [3.8, 4) is 0 Å². The van der Waals surface area contributed by atoms with Gasteiger partial charge >= 0.3 is 0 Å². The Bertz CT molecular complexity index is 1140. The zero-order valence-corrected chi connectivity index (χ0v) is 16.2. The number of hydrogen-bond acceptors (Lipinski definition) is 2. The van der Waals surface area contributed by atoms with Crippen LogP contribution >= 0.6 is 11.6 Å². The first-order valence-corrected chi connectivity index (χ1v) is 10.3. The molecule has 4 nitrogen and oxygen atoms in total. The lowest BCUT2D eigenvalue weighted by Gasteiger charge is -2.21. The lowest BCUT2D eigenvalue weighted by Crippen LogP contribution is -2.23. The molecule has 0 N–H and O–H groups in total. The first-order valence-electron chi connectivity index (χ1n) is 8.48. The van der Waals surface area contributed by atoms with Gasteiger partial charge in [0, 0.05) is 17.1 Å². The monoisotopic (exact) mass is 396 g/mol. The van der Waals surface area contributed by atoms with Gasteiger partial charge in [0.2, 0.25) is 0 Å². The van der Waals surface area contributed by atoms with Gasteiger partial charge in [-0.2, -0.15) is 8.42 Å². The van der Waals surface area contributed by atoms with Crippen LogP contribution in [0.4, 0.5) is 11.4 Å². The zero-order valence-electron chi connectivity index (χ0n) is 14.6. The molecule has 4 rings (SSSR count). The van der Waals surface area contributed by atoms with Gasteiger partial charge in [-0.3, -0.25) is 4.90 Å². The molecule has 1 heterocycles. The molecule has 1 aliphatic heterocycles. The van der Waals surface area contributed by atoms with E-state index in [1.807, 2.05) is 60.4 Å². The van der Waals surface area contributed by atoms with Gasteiger partial charge in [0.25, 0.3) is 10.0 Å². The van der Waals surface area contributed by atoms with Crippen molar-refractivity contribution >= 4 is 38.8 Å². The highest BCUT2D eigenvalue weighted by atomic mass is 35.5. The molecule has 6 heteroatoms. The third-order valence-electron chi connectivity index (χ3n) is 4.44. The molecule has 0 spiro atoms. The van der Waals surface area contributed by atoms with Crippen LogP contribution in [-0.2, 0) is 16.4 Å². The SMILES string of the molecule is Cc1cccc(N2/C(=N/S(=O)(=O)c3ccc(Cl)cc3)Cc3ccccc32)c1. The van der Waals surface area contributed by atoms with Crippen LogP contribution in [0, 0.1) is 6.92 Å². The van der Waals surface area contributed by atoms with E-state index in [0.717, 1.165) is 22.5 Å². The number of nitrogens with zero attached hydrogens (tertiary/aromatic N) is 2. The molecule has 0 saturated carbocycles. The summed E-state index contributed by atoms with van der Waals surface area (Å²) in [5, 5.41) is 0.483. The molecule has 0 amide bonds. The molecular weight excluding hydrogens is 380 g/mol. The van der Waals surface area contributed by atoms with E-state index in [1.165, 1.54) is 12.1 Å². The first-order chi connectivity index (χ1) is 12.9. The van der Waals surface area contributed by atoms with E-state index in [4.69, 9.17) is 11.6 Å². The number of para-hydroxylation sites is 1. The highest BCUT2D eigenvalue weighted by Crippen LogP contribution is 2.36. The van der Waals surface area contributed by atoms with Crippen molar-refractivity contribution in [2.75, 3.05) is 4.90 Å². The minimum absolute atomic E-state index is 0.125. The standard InChI is InChI=1S/C21H17ClN2O2S/c1-15-5-4-7-18(13-15)24-20-8-3-2-6-16(20)14-21(24)23-27(25,26)19-11-9-17(22)10-12-19/h2-13H,14H2,1H3/b23-21+. The highest BCUT2D eigenvalue weighted by molar-refractivity contribution is 7.90. The predicted molar refractivity (Wildman–Crippen MR) is 110 cm³/mol. The van der Waals surface area contributed by atoms with Crippen molar-refractivity contribution in [2.24, 2.45) is 4.40 Å². The van der Waals surface area contributed by atoms with E-state index < -0.39 is 10.0 Å². The summed E-state index contributed by atoms with van der Waals surface area (Å²) in [5.74, 6) is 0.483. The molecule has 0 unspecified atom stereocenters. The second-order valence-electron chi connectivity index (χ2n) is 6.42. The summed E-state index contributed by atoms with van der Waals surface area (Å²) in [6, 6.07) is 21.9. The third-order valence-corrected chi connectivity index (χ3v) is 6.01. The van der Waals surface area contributed by atoms with Crippen molar-refractivity contribution in [1.29, 1.82) is 0 Å². The van der Waals surface area contributed by atoms with Gasteiger partial charge in [-0.1, -0.05) is 41.9 Å². The van der Waals surface area contributed by atoms with E-state index >= 15 is 0 Å². The Hall–Kier alpha value is -2.63. The molecule has 0 aliphatic carbocycles. The fourth-order valence-electron chi connectivity index (χ4n) is 3.19. The Morgan fingerprint density at radius 2 is 1.70 bits per heavy atom. The highest BCUT2D eigenvalue weighted by Gasteiger charge is 2.29. The molecule has 0 saturated heterocycles. The third kappa shape index (κ3) is 3.48. The molecule has 3 aromatic carbocycles.